The molecule has 1 heterocycles. The Kier molecular flexibility index (Phi) is 5.61. The largest absolute Gasteiger partial charge is 0.330 e. The highest BCUT2D eigenvalue weighted by Gasteiger charge is 2.33. The molecule has 0 aromatic rings. The van der Waals surface area contributed by atoms with Gasteiger partial charge in [-0.05, 0) is 37.6 Å². The lowest BCUT2D eigenvalue weighted by molar-refractivity contribution is 0.362. The Labute approximate surface area is 110 Å². The molecule has 5 nitrogen and oxygen atoms in total. The van der Waals surface area contributed by atoms with Gasteiger partial charge in [-0.15, -0.1) is 0 Å². The van der Waals surface area contributed by atoms with Gasteiger partial charge in [0.2, 0.25) is 0 Å². The van der Waals surface area contributed by atoms with Crippen LogP contribution in [0.2, 0.25) is 0 Å². The summed E-state index contributed by atoms with van der Waals surface area (Å²) in [5.74, 6) is 0.760. The van der Waals surface area contributed by atoms with E-state index < -0.39 is 19.7 Å². The highest BCUT2D eigenvalue weighted by molar-refractivity contribution is 7.91. The van der Waals surface area contributed by atoms with Crippen molar-refractivity contribution in [3.8, 4) is 0 Å². The van der Waals surface area contributed by atoms with Crippen molar-refractivity contribution in [3.05, 3.63) is 0 Å². The Hall–Kier alpha value is -0.140. The molecule has 0 aromatic carbocycles. The molecule has 18 heavy (non-hydrogen) atoms. The molecule has 0 spiro atoms. The number of hydrogen-bond acceptors (Lipinski definition) is 5. The summed E-state index contributed by atoms with van der Waals surface area (Å²) < 4.78 is 46.1. The molecule has 0 aromatic heterocycles. The molecule has 2 N–H and O–H groups in total. The summed E-state index contributed by atoms with van der Waals surface area (Å²) in [6.45, 7) is 2.20. The SMILES string of the molecule is CCCS(=O)(=O)CCC(CN)C1CCS(=O)(=O)C1. The van der Waals surface area contributed by atoms with Gasteiger partial charge in [0.25, 0.3) is 0 Å². The van der Waals surface area contributed by atoms with Crippen molar-refractivity contribution in [2.75, 3.05) is 29.6 Å². The Morgan fingerprint density at radius 1 is 1.33 bits per heavy atom. The minimum Gasteiger partial charge on any atom is -0.330 e. The molecule has 1 saturated heterocycles. The third-order valence-corrected chi connectivity index (χ3v) is 7.23. The van der Waals surface area contributed by atoms with Gasteiger partial charge in [-0.2, -0.15) is 0 Å². The number of hydrogen-bond donors (Lipinski definition) is 1. The van der Waals surface area contributed by atoms with Crippen LogP contribution < -0.4 is 5.73 Å². The maximum atomic E-state index is 11.6. The van der Waals surface area contributed by atoms with Crippen molar-refractivity contribution in [3.63, 3.8) is 0 Å². The lowest BCUT2D eigenvalue weighted by Crippen LogP contribution is -2.27. The van der Waals surface area contributed by atoms with E-state index in [0.717, 1.165) is 0 Å². The summed E-state index contributed by atoms with van der Waals surface area (Å²) >= 11 is 0. The zero-order valence-corrected chi connectivity index (χ0v) is 12.5. The first-order chi connectivity index (χ1) is 8.29. The fourth-order valence-electron chi connectivity index (χ4n) is 2.49. The van der Waals surface area contributed by atoms with Crippen LogP contribution in [0.4, 0.5) is 0 Å². The third kappa shape index (κ3) is 4.85. The topological polar surface area (TPSA) is 94.3 Å². The van der Waals surface area contributed by atoms with Gasteiger partial charge >= 0.3 is 0 Å². The van der Waals surface area contributed by atoms with Crippen LogP contribution in [-0.2, 0) is 19.7 Å². The summed E-state index contributed by atoms with van der Waals surface area (Å²) in [5.41, 5.74) is 5.65. The van der Waals surface area contributed by atoms with E-state index >= 15 is 0 Å². The second kappa shape index (κ2) is 6.34. The molecule has 108 valence electrons. The van der Waals surface area contributed by atoms with Crippen molar-refractivity contribution in [2.24, 2.45) is 17.6 Å². The molecule has 0 aliphatic carbocycles. The highest BCUT2D eigenvalue weighted by atomic mass is 32.2. The molecule has 1 aliphatic rings. The Bertz CT molecular complexity index is 455. The highest BCUT2D eigenvalue weighted by Crippen LogP contribution is 2.28. The molecule has 1 fully saturated rings. The van der Waals surface area contributed by atoms with Gasteiger partial charge in [0.05, 0.1) is 17.3 Å². The van der Waals surface area contributed by atoms with Crippen molar-refractivity contribution < 1.29 is 16.8 Å². The zero-order valence-electron chi connectivity index (χ0n) is 10.8. The van der Waals surface area contributed by atoms with Crippen LogP contribution in [0.15, 0.2) is 0 Å². The van der Waals surface area contributed by atoms with Crippen LogP contribution in [0.1, 0.15) is 26.2 Å². The van der Waals surface area contributed by atoms with Crippen molar-refractivity contribution >= 4 is 19.7 Å². The summed E-state index contributed by atoms with van der Waals surface area (Å²) in [6, 6.07) is 0. The van der Waals surface area contributed by atoms with Crippen molar-refractivity contribution in [2.45, 2.75) is 26.2 Å². The van der Waals surface area contributed by atoms with Gasteiger partial charge in [-0.25, -0.2) is 16.8 Å². The monoisotopic (exact) mass is 297 g/mol. The smallest absolute Gasteiger partial charge is 0.150 e. The van der Waals surface area contributed by atoms with E-state index in [9.17, 15) is 16.8 Å². The van der Waals surface area contributed by atoms with E-state index in [1.807, 2.05) is 6.92 Å². The molecular weight excluding hydrogens is 274 g/mol. The minimum atomic E-state index is -3.00. The molecule has 1 aliphatic heterocycles. The predicted molar refractivity (Wildman–Crippen MR) is 72.9 cm³/mol. The van der Waals surface area contributed by atoms with E-state index in [4.69, 9.17) is 5.73 Å². The Balaban J connectivity index is 2.54. The number of sulfone groups is 2. The standard InChI is InChI=1S/C11H23NO4S2/c1-2-5-17(13,14)6-3-10(8-12)11-4-7-18(15,16)9-11/h10-11H,2-9,12H2,1H3. The van der Waals surface area contributed by atoms with Crippen LogP contribution in [0.25, 0.3) is 0 Å². The van der Waals surface area contributed by atoms with E-state index in [2.05, 4.69) is 0 Å². The predicted octanol–water partition coefficient (Wildman–Crippen LogP) is 0.211. The first kappa shape index (κ1) is 15.9. The molecule has 0 radical (unpaired) electrons. The van der Waals surface area contributed by atoms with E-state index in [1.54, 1.807) is 0 Å². The van der Waals surface area contributed by atoms with Crippen LogP contribution in [0, 0.1) is 11.8 Å². The van der Waals surface area contributed by atoms with Gasteiger partial charge in [-0.3, -0.25) is 0 Å². The van der Waals surface area contributed by atoms with Gasteiger partial charge in [0, 0.05) is 5.75 Å². The zero-order chi connectivity index (χ0) is 13.8. The first-order valence-corrected chi connectivity index (χ1v) is 10.0. The van der Waals surface area contributed by atoms with Crippen LogP contribution in [-0.4, -0.2) is 46.4 Å². The molecule has 2 atom stereocenters. The molecule has 0 amide bonds. The van der Waals surface area contributed by atoms with Gasteiger partial charge in [-0.1, -0.05) is 6.92 Å². The van der Waals surface area contributed by atoms with E-state index in [1.165, 1.54) is 0 Å². The van der Waals surface area contributed by atoms with Crippen molar-refractivity contribution in [1.82, 2.24) is 0 Å². The van der Waals surface area contributed by atoms with Crippen LogP contribution in [0.5, 0.6) is 0 Å². The molecule has 2 unspecified atom stereocenters. The first-order valence-electron chi connectivity index (χ1n) is 6.40. The lowest BCUT2D eigenvalue weighted by atomic mass is 9.90. The summed E-state index contributed by atoms with van der Waals surface area (Å²) in [5, 5.41) is 0. The fraction of sp³-hybridized carbons (Fsp3) is 1.00. The van der Waals surface area contributed by atoms with Gasteiger partial charge < -0.3 is 5.73 Å². The molecule has 0 saturated carbocycles. The molecular formula is C11H23NO4S2. The Morgan fingerprint density at radius 2 is 2.00 bits per heavy atom. The van der Waals surface area contributed by atoms with E-state index in [0.29, 0.717) is 25.8 Å². The number of rotatable bonds is 7. The van der Waals surface area contributed by atoms with Crippen molar-refractivity contribution in [1.29, 1.82) is 0 Å². The summed E-state index contributed by atoms with van der Waals surface area (Å²) in [4.78, 5) is 0. The molecule has 7 heteroatoms. The fourth-order valence-corrected chi connectivity index (χ4v) is 5.89. The quantitative estimate of drug-likeness (QED) is 0.725. The van der Waals surface area contributed by atoms with Crippen LogP contribution >= 0.6 is 0 Å². The Morgan fingerprint density at radius 3 is 2.44 bits per heavy atom. The minimum absolute atomic E-state index is 0.00825. The second-order valence-corrected chi connectivity index (χ2v) is 9.63. The average molecular weight is 297 g/mol. The summed E-state index contributed by atoms with van der Waals surface area (Å²) in [7, 11) is -5.92. The molecule has 0 bridgehead atoms. The maximum absolute atomic E-state index is 11.6. The van der Waals surface area contributed by atoms with E-state index in [-0.39, 0.29) is 34.8 Å². The van der Waals surface area contributed by atoms with Crippen LogP contribution in [0.3, 0.4) is 0 Å². The number of nitrogens with two attached hydrogens (primary N) is 1. The summed E-state index contributed by atoms with van der Waals surface area (Å²) in [6.07, 6.45) is 1.73. The third-order valence-electron chi connectivity index (χ3n) is 3.55. The maximum Gasteiger partial charge on any atom is 0.150 e. The van der Waals surface area contributed by atoms with Gasteiger partial charge in [0.1, 0.15) is 9.84 Å². The molecule has 1 rings (SSSR count). The van der Waals surface area contributed by atoms with Gasteiger partial charge in [0.15, 0.2) is 9.84 Å². The normalized spacial score (nSPS) is 25.1. The average Bonchev–Trinajstić information content (AvgIpc) is 2.59. The second-order valence-electron chi connectivity index (χ2n) is 5.10. The lowest BCUT2D eigenvalue weighted by Gasteiger charge is -2.20.